The molecule has 6 heteroatoms. The van der Waals surface area contributed by atoms with Crippen molar-refractivity contribution in [2.75, 3.05) is 14.2 Å². The maximum Gasteiger partial charge on any atom is 0.171 e. The van der Waals surface area contributed by atoms with Crippen LogP contribution in [0.25, 0.3) is 0 Å². The molecule has 2 aromatic rings. The van der Waals surface area contributed by atoms with Crippen LogP contribution in [-0.2, 0) is 0 Å². The summed E-state index contributed by atoms with van der Waals surface area (Å²) in [5, 5.41) is 7.19. The number of hydrogen-bond donors (Lipinski definition) is 2. The van der Waals surface area contributed by atoms with Crippen LogP contribution in [0.4, 0.5) is 0 Å². The van der Waals surface area contributed by atoms with Gasteiger partial charge in [0.2, 0.25) is 0 Å². The first-order valence-corrected chi connectivity index (χ1v) is 6.62. The SMILES string of the molecule is COc1ccc([C@H](N)c2n[nH]c(C3CC3)n2)cc1OC. The van der Waals surface area contributed by atoms with Gasteiger partial charge in [-0.2, -0.15) is 5.10 Å². The highest BCUT2D eigenvalue weighted by molar-refractivity contribution is 5.44. The van der Waals surface area contributed by atoms with Gasteiger partial charge in [0.25, 0.3) is 0 Å². The molecule has 1 aliphatic rings. The van der Waals surface area contributed by atoms with Crippen molar-refractivity contribution < 1.29 is 9.47 Å². The summed E-state index contributed by atoms with van der Waals surface area (Å²) >= 11 is 0. The van der Waals surface area contributed by atoms with Crippen molar-refractivity contribution in [1.29, 1.82) is 0 Å². The van der Waals surface area contributed by atoms with Gasteiger partial charge in [-0.25, -0.2) is 4.98 Å². The van der Waals surface area contributed by atoms with E-state index in [1.54, 1.807) is 14.2 Å². The van der Waals surface area contributed by atoms with E-state index in [0.29, 0.717) is 23.2 Å². The van der Waals surface area contributed by atoms with Crippen LogP contribution in [-0.4, -0.2) is 29.4 Å². The second-order valence-electron chi connectivity index (χ2n) is 4.95. The minimum atomic E-state index is -0.376. The number of aromatic nitrogens is 3. The average Bonchev–Trinajstić information content (AvgIpc) is 3.23. The molecule has 106 valence electrons. The topological polar surface area (TPSA) is 86.0 Å². The number of hydrogen-bond acceptors (Lipinski definition) is 5. The van der Waals surface area contributed by atoms with Crippen molar-refractivity contribution in [2.24, 2.45) is 5.73 Å². The number of H-pyrrole nitrogens is 1. The van der Waals surface area contributed by atoms with Gasteiger partial charge in [-0.15, -0.1) is 0 Å². The van der Waals surface area contributed by atoms with Gasteiger partial charge in [0.1, 0.15) is 5.82 Å². The highest BCUT2D eigenvalue weighted by Gasteiger charge is 2.28. The second-order valence-corrected chi connectivity index (χ2v) is 4.95. The highest BCUT2D eigenvalue weighted by atomic mass is 16.5. The Morgan fingerprint density at radius 3 is 2.65 bits per heavy atom. The lowest BCUT2D eigenvalue weighted by molar-refractivity contribution is 0.354. The molecule has 0 unspecified atom stereocenters. The number of ether oxygens (including phenoxy) is 2. The van der Waals surface area contributed by atoms with E-state index in [4.69, 9.17) is 15.2 Å². The van der Waals surface area contributed by atoms with E-state index in [9.17, 15) is 0 Å². The van der Waals surface area contributed by atoms with Crippen LogP contribution >= 0.6 is 0 Å². The molecule has 1 aliphatic carbocycles. The minimum Gasteiger partial charge on any atom is -0.493 e. The smallest absolute Gasteiger partial charge is 0.171 e. The Morgan fingerprint density at radius 2 is 2.00 bits per heavy atom. The van der Waals surface area contributed by atoms with Crippen LogP contribution in [0.1, 0.15) is 42.0 Å². The van der Waals surface area contributed by atoms with Gasteiger partial charge >= 0.3 is 0 Å². The average molecular weight is 274 g/mol. The number of nitrogens with zero attached hydrogens (tertiary/aromatic N) is 2. The summed E-state index contributed by atoms with van der Waals surface area (Å²) in [5.41, 5.74) is 7.12. The third-order valence-electron chi connectivity index (χ3n) is 3.53. The first-order chi connectivity index (χ1) is 9.72. The molecule has 3 N–H and O–H groups in total. The summed E-state index contributed by atoms with van der Waals surface area (Å²) < 4.78 is 10.5. The fourth-order valence-corrected chi connectivity index (χ4v) is 2.16. The number of methoxy groups -OCH3 is 2. The van der Waals surface area contributed by atoms with E-state index in [-0.39, 0.29) is 6.04 Å². The van der Waals surface area contributed by atoms with Crippen LogP contribution < -0.4 is 15.2 Å². The molecule has 1 aromatic heterocycles. The van der Waals surface area contributed by atoms with Crippen molar-refractivity contribution >= 4 is 0 Å². The molecule has 1 atom stereocenters. The highest BCUT2D eigenvalue weighted by Crippen LogP contribution is 2.38. The molecule has 20 heavy (non-hydrogen) atoms. The molecule has 0 amide bonds. The third-order valence-corrected chi connectivity index (χ3v) is 3.53. The molecule has 3 rings (SSSR count). The lowest BCUT2D eigenvalue weighted by Crippen LogP contribution is -2.14. The van der Waals surface area contributed by atoms with Gasteiger partial charge in [0.15, 0.2) is 17.3 Å². The number of benzene rings is 1. The van der Waals surface area contributed by atoms with Gasteiger partial charge < -0.3 is 15.2 Å². The Kier molecular flexibility index (Phi) is 3.31. The van der Waals surface area contributed by atoms with Crippen molar-refractivity contribution in [3.63, 3.8) is 0 Å². The number of rotatable bonds is 5. The summed E-state index contributed by atoms with van der Waals surface area (Å²) in [6.07, 6.45) is 2.36. The lowest BCUT2D eigenvalue weighted by atomic mass is 10.1. The molecule has 0 saturated heterocycles. The van der Waals surface area contributed by atoms with E-state index in [2.05, 4.69) is 15.2 Å². The monoisotopic (exact) mass is 274 g/mol. The van der Waals surface area contributed by atoms with Gasteiger partial charge in [-0.3, -0.25) is 5.10 Å². The number of nitrogens with one attached hydrogen (secondary N) is 1. The normalized spacial score (nSPS) is 15.9. The molecule has 1 aromatic carbocycles. The van der Waals surface area contributed by atoms with Gasteiger partial charge in [-0.05, 0) is 30.5 Å². The van der Waals surface area contributed by atoms with Crippen LogP contribution in [0, 0.1) is 0 Å². The summed E-state index contributed by atoms with van der Waals surface area (Å²) in [7, 11) is 3.21. The first kappa shape index (κ1) is 12.9. The molecule has 1 saturated carbocycles. The zero-order chi connectivity index (χ0) is 14.1. The molecular formula is C14H18N4O2. The molecule has 0 radical (unpaired) electrons. The standard InChI is InChI=1S/C14H18N4O2/c1-19-10-6-5-9(7-11(10)20-2)12(15)14-16-13(17-18-14)8-3-4-8/h5-8,12H,3-4,15H2,1-2H3,(H,16,17,18)/t12-/m0/s1. The summed E-state index contributed by atoms with van der Waals surface area (Å²) in [5.74, 6) is 3.42. The summed E-state index contributed by atoms with van der Waals surface area (Å²) in [4.78, 5) is 4.48. The molecule has 1 fully saturated rings. The Bertz CT molecular complexity index is 607. The quantitative estimate of drug-likeness (QED) is 0.867. The number of aromatic amines is 1. The summed E-state index contributed by atoms with van der Waals surface area (Å²) in [6.45, 7) is 0. The van der Waals surface area contributed by atoms with Gasteiger partial charge in [0.05, 0.1) is 20.3 Å². The largest absolute Gasteiger partial charge is 0.493 e. The zero-order valence-corrected chi connectivity index (χ0v) is 11.6. The predicted octanol–water partition coefficient (Wildman–Crippen LogP) is 1.75. The van der Waals surface area contributed by atoms with Crippen LogP contribution in [0.3, 0.4) is 0 Å². The molecule has 1 heterocycles. The molecule has 6 nitrogen and oxygen atoms in total. The van der Waals surface area contributed by atoms with Crippen LogP contribution in [0.15, 0.2) is 18.2 Å². The van der Waals surface area contributed by atoms with E-state index in [1.165, 1.54) is 12.8 Å². The van der Waals surface area contributed by atoms with Crippen molar-refractivity contribution in [3.8, 4) is 11.5 Å². The minimum absolute atomic E-state index is 0.376. The summed E-state index contributed by atoms with van der Waals surface area (Å²) in [6, 6.07) is 5.22. The Balaban J connectivity index is 1.86. The fraction of sp³-hybridized carbons (Fsp3) is 0.429. The van der Waals surface area contributed by atoms with E-state index < -0.39 is 0 Å². The molecule has 0 aliphatic heterocycles. The Labute approximate surface area is 117 Å². The fourth-order valence-electron chi connectivity index (χ4n) is 2.16. The Hall–Kier alpha value is -2.08. The van der Waals surface area contributed by atoms with Crippen LogP contribution in [0.5, 0.6) is 11.5 Å². The zero-order valence-electron chi connectivity index (χ0n) is 11.6. The maximum atomic E-state index is 6.22. The maximum absolute atomic E-state index is 6.22. The van der Waals surface area contributed by atoms with Crippen molar-refractivity contribution in [1.82, 2.24) is 15.2 Å². The van der Waals surface area contributed by atoms with E-state index >= 15 is 0 Å². The van der Waals surface area contributed by atoms with E-state index in [0.717, 1.165) is 11.4 Å². The predicted molar refractivity (Wildman–Crippen MR) is 73.9 cm³/mol. The molecule has 0 spiro atoms. The number of nitrogens with two attached hydrogens (primary N) is 1. The van der Waals surface area contributed by atoms with E-state index in [1.807, 2.05) is 18.2 Å². The third kappa shape index (κ3) is 2.34. The lowest BCUT2D eigenvalue weighted by Gasteiger charge is -2.12. The Morgan fingerprint density at radius 1 is 1.25 bits per heavy atom. The molecule has 0 bridgehead atoms. The van der Waals surface area contributed by atoms with Crippen molar-refractivity contribution in [3.05, 3.63) is 35.4 Å². The first-order valence-electron chi connectivity index (χ1n) is 6.62. The van der Waals surface area contributed by atoms with Crippen LogP contribution in [0.2, 0.25) is 0 Å². The van der Waals surface area contributed by atoms with Crippen molar-refractivity contribution in [2.45, 2.75) is 24.8 Å². The molecular weight excluding hydrogens is 256 g/mol. The second kappa shape index (κ2) is 5.13. The van der Waals surface area contributed by atoms with Gasteiger partial charge in [0, 0.05) is 5.92 Å². The van der Waals surface area contributed by atoms with Gasteiger partial charge in [-0.1, -0.05) is 6.07 Å².